The highest BCUT2D eigenvalue weighted by Crippen LogP contribution is 2.19. The summed E-state index contributed by atoms with van der Waals surface area (Å²) < 4.78 is 12.6. The Morgan fingerprint density at radius 3 is 2.38 bits per heavy atom. The lowest BCUT2D eigenvalue weighted by molar-refractivity contribution is 0.627. The van der Waals surface area contributed by atoms with Crippen LogP contribution in [-0.4, -0.2) is 0 Å². The van der Waals surface area contributed by atoms with Crippen LogP contribution in [0.1, 0.15) is 32.3 Å². The van der Waals surface area contributed by atoms with Gasteiger partial charge in [0.25, 0.3) is 0 Å². The number of allylic oxidation sites excluding steroid dienone is 2. The van der Waals surface area contributed by atoms with Crippen LogP contribution in [0.2, 0.25) is 0 Å². The maximum Gasteiger partial charge on any atom is 0.123 e. The van der Waals surface area contributed by atoms with Crippen molar-refractivity contribution in [2.45, 2.75) is 26.7 Å². The molecule has 0 aliphatic heterocycles. The molecule has 0 atom stereocenters. The molecule has 0 bridgehead atoms. The summed E-state index contributed by atoms with van der Waals surface area (Å²) in [5.41, 5.74) is 2.42. The van der Waals surface area contributed by atoms with Crippen LogP contribution >= 0.6 is 0 Å². The Kier molecular flexibility index (Phi) is 3.69. The van der Waals surface area contributed by atoms with Gasteiger partial charge in [-0.1, -0.05) is 31.6 Å². The number of halogens is 1. The van der Waals surface area contributed by atoms with Crippen LogP contribution in [0, 0.1) is 5.82 Å². The van der Waals surface area contributed by atoms with Crippen LogP contribution in [0.5, 0.6) is 0 Å². The summed E-state index contributed by atoms with van der Waals surface area (Å²) in [6.07, 6.45) is 4.27. The van der Waals surface area contributed by atoms with Crippen molar-refractivity contribution in [2.75, 3.05) is 0 Å². The van der Waals surface area contributed by atoms with Crippen molar-refractivity contribution in [3.8, 4) is 0 Å². The van der Waals surface area contributed by atoms with E-state index in [4.69, 9.17) is 0 Å². The second-order valence-electron chi connectivity index (χ2n) is 3.07. The zero-order valence-corrected chi connectivity index (χ0v) is 8.18. The Balaban J connectivity index is 2.87. The molecule has 0 radical (unpaired) electrons. The maximum atomic E-state index is 12.6. The van der Waals surface area contributed by atoms with E-state index in [-0.39, 0.29) is 5.82 Å². The minimum Gasteiger partial charge on any atom is -0.207 e. The van der Waals surface area contributed by atoms with Gasteiger partial charge in [-0.15, -0.1) is 0 Å². The second kappa shape index (κ2) is 4.80. The van der Waals surface area contributed by atoms with Crippen LogP contribution in [0.4, 0.5) is 4.39 Å². The Morgan fingerprint density at radius 1 is 1.31 bits per heavy atom. The highest BCUT2D eigenvalue weighted by molar-refractivity contribution is 5.65. The maximum absolute atomic E-state index is 12.6. The fourth-order valence-electron chi connectivity index (χ4n) is 1.39. The third-order valence-corrected chi connectivity index (χ3v) is 2.08. The summed E-state index contributed by atoms with van der Waals surface area (Å²) in [6.45, 7) is 4.17. The first kappa shape index (κ1) is 9.97. The molecule has 0 aliphatic rings. The van der Waals surface area contributed by atoms with Crippen LogP contribution in [0.15, 0.2) is 30.3 Å². The van der Waals surface area contributed by atoms with Gasteiger partial charge in [0.05, 0.1) is 0 Å². The van der Waals surface area contributed by atoms with Crippen LogP contribution < -0.4 is 0 Å². The highest BCUT2D eigenvalue weighted by Gasteiger charge is 1.98. The molecule has 0 amide bonds. The Bertz CT molecular complexity index is 282. The quantitative estimate of drug-likeness (QED) is 0.655. The van der Waals surface area contributed by atoms with Crippen molar-refractivity contribution < 1.29 is 4.39 Å². The van der Waals surface area contributed by atoms with E-state index in [9.17, 15) is 4.39 Å². The smallest absolute Gasteiger partial charge is 0.123 e. The van der Waals surface area contributed by atoms with Crippen LogP contribution in [0.3, 0.4) is 0 Å². The molecule has 0 saturated carbocycles. The van der Waals surface area contributed by atoms with Gasteiger partial charge < -0.3 is 0 Å². The first-order valence-corrected chi connectivity index (χ1v) is 4.69. The summed E-state index contributed by atoms with van der Waals surface area (Å²) >= 11 is 0. The van der Waals surface area contributed by atoms with E-state index in [1.165, 1.54) is 17.7 Å². The van der Waals surface area contributed by atoms with E-state index in [0.717, 1.165) is 18.4 Å². The lowest BCUT2D eigenvalue weighted by Gasteiger charge is -2.04. The third kappa shape index (κ3) is 2.69. The molecule has 0 heterocycles. The highest BCUT2D eigenvalue weighted by atomic mass is 19.1. The van der Waals surface area contributed by atoms with Crippen molar-refractivity contribution in [2.24, 2.45) is 0 Å². The average Bonchev–Trinajstić information content (AvgIpc) is 2.16. The molecule has 0 nitrogen and oxygen atoms in total. The van der Waals surface area contributed by atoms with Crippen molar-refractivity contribution in [3.63, 3.8) is 0 Å². The second-order valence-corrected chi connectivity index (χ2v) is 3.07. The van der Waals surface area contributed by atoms with Gasteiger partial charge in [-0.3, -0.25) is 0 Å². The fraction of sp³-hybridized carbons (Fsp3) is 0.333. The molecule has 0 saturated heterocycles. The van der Waals surface area contributed by atoms with Crippen molar-refractivity contribution >= 4 is 5.57 Å². The minimum atomic E-state index is -0.171. The molecule has 0 aliphatic carbocycles. The fourth-order valence-corrected chi connectivity index (χ4v) is 1.39. The molecule has 1 aromatic rings. The Labute approximate surface area is 79.1 Å². The van der Waals surface area contributed by atoms with Gasteiger partial charge in [0.1, 0.15) is 5.82 Å². The zero-order chi connectivity index (χ0) is 9.68. The molecule has 0 spiro atoms. The van der Waals surface area contributed by atoms with Crippen molar-refractivity contribution in [3.05, 3.63) is 41.7 Å². The van der Waals surface area contributed by atoms with E-state index in [0.29, 0.717) is 0 Å². The van der Waals surface area contributed by atoms with Crippen molar-refractivity contribution in [1.29, 1.82) is 0 Å². The number of rotatable bonds is 3. The predicted molar refractivity (Wildman–Crippen MR) is 55.0 cm³/mol. The Morgan fingerprint density at radius 2 is 1.92 bits per heavy atom. The minimum absolute atomic E-state index is 0.171. The summed E-state index contributed by atoms with van der Waals surface area (Å²) in [7, 11) is 0. The van der Waals surface area contributed by atoms with E-state index in [1.807, 2.05) is 19.1 Å². The number of hydrogen-bond donors (Lipinski definition) is 0. The van der Waals surface area contributed by atoms with Gasteiger partial charge in [-0.2, -0.15) is 0 Å². The average molecular weight is 178 g/mol. The largest absolute Gasteiger partial charge is 0.207 e. The van der Waals surface area contributed by atoms with Gasteiger partial charge in [0.2, 0.25) is 0 Å². The van der Waals surface area contributed by atoms with E-state index < -0.39 is 0 Å². The lowest BCUT2D eigenvalue weighted by atomic mass is 10.0. The molecule has 0 fully saturated rings. The number of benzene rings is 1. The molecular weight excluding hydrogens is 163 g/mol. The lowest BCUT2D eigenvalue weighted by Crippen LogP contribution is -1.84. The molecule has 70 valence electrons. The normalized spacial score (nSPS) is 11.8. The molecule has 1 heteroatoms. The van der Waals surface area contributed by atoms with Crippen LogP contribution in [-0.2, 0) is 0 Å². The molecule has 0 aromatic heterocycles. The van der Waals surface area contributed by atoms with Gasteiger partial charge in [0, 0.05) is 0 Å². The molecule has 1 aromatic carbocycles. The van der Waals surface area contributed by atoms with Crippen molar-refractivity contribution in [1.82, 2.24) is 0 Å². The Hall–Kier alpha value is -1.11. The molecular formula is C12H15F. The summed E-state index contributed by atoms with van der Waals surface area (Å²) in [5.74, 6) is -0.171. The first-order valence-electron chi connectivity index (χ1n) is 4.69. The van der Waals surface area contributed by atoms with Gasteiger partial charge in [0.15, 0.2) is 0 Å². The monoisotopic (exact) mass is 178 g/mol. The molecule has 1 rings (SSSR count). The predicted octanol–water partition coefficient (Wildman–Crippen LogP) is 4.03. The first-order chi connectivity index (χ1) is 6.27. The molecule has 0 N–H and O–H groups in total. The topological polar surface area (TPSA) is 0 Å². The standard InChI is InChI=1S/C12H15F/c1-3-5-10(4-2)11-6-8-12(13)9-7-11/h4,6-9H,3,5H2,1-2H3. The summed E-state index contributed by atoms with van der Waals surface area (Å²) in [4.78, 5) is 0. The van der Waals surface area contributed by atoms with Gasteiger partial charge in [-0.05, 0) is 36.6 Å². The van der Waals surface area contributed by atoms with Crippen LogP contribution in [0.25, 0.3) is 5.57 Å². The molecule has 0 unspecified atom stereocenters. The third-order valence-electron chi connectivity index (χ3n) is 2.08. The van der Waals surface area contributed by atoms with E-state index >= 15 is 0 Å². The van der Waals surface area contributed by atoms with E-state index in [1.54, 1.807) is 0 Å². The van der Waals surface area contributed by atoms with E-state index in [2.05, 4.69) is 13.0 Å². The molecule has 13 heavy (non-hydrogen) atoms. The SMILES string of the molecule is CC=C(CCC)c1ccc(F)cc1. The zero-order valence-electron chi connectivity index (χ0n) is 8.18. The van der Waals surface area contributed by atoms with Gasteiger partial charge in [-0.25, -0.2) is 4.39 Å². The summed E-state index contributed by atoms with van der Waals surface area (Å²) in [5, 5.41) is 0. The summed E-state index contributed by atoms with van der Waals surface area (Å²) in [6, 6.07) is 6.68. The number of hydrogen-bond acceptors (Lipinski definition) is 0. The van der Waals surface area contributed by atoms with Gasteiger partial charge >= 0.3 is 0 Å².